The van der Waals surface area contributed by atoms with E-state index in [1.165, 1.54) is 25.7 Å². The van der Waals surface area contributed by atoms with Crippen molar-refractivity contribution in [2.45, 2.75) is 37.0 Å². The lowest BCUT2D eigenvalue weighted by molar-refractivity contribution is 0.473. The molecular formula is C11H16N6S. The molecule has 2 aromatic heterocycles. The Morgan fingerprint density at radius 2 is 2.22 bits per heavy atom. The van der Waals surface area contributed by atoms with Crippen molar-refractivity contribution in [3.63, 3.8) is 0 Å². The van der Waals surface area contributed by atoms with E-state index < -0.39 is 0 Å². The molecule has 2 unspecified atom stereocenters. The molecule has 1 fully saturated rings. The van der Waals surface area contributed by atoms with Gasteiger partial charge in [-0.05, 0) is 29.5 Å². The predicted octanol–water partition coefficient (Wildman–Crippen LogP) is 1.61. The molecule has 1 N–H and O–H groups in total. The van der Waals surface area contributed by atoms with E-state index >= 15 is 0 Å². The second-order valence-corrected chi connectivity index (χ2v) is 5.63. The highest BCUT2D eigenvalue weighted by Gasteiger charge is 2.24. The van der Waals surface area contributed by atoms with Crippen molar-refractivity contribution >= 4 is 23.2 Å². The molecule has 96 valence electrons. The first-order valence-electron chi connectivity index (χ1n) is 6.20. The van der Waals surface area contributed by atoms with E-state index in [-0.39, 0.29) is 0 Å². The van der Waals surface area contributed by atoms with Crippen molar-refractivity contribution in [1.29, 1.82) is 0 Å². The van der Waals surface area contributed by atoms with Crippen LogP contribution in [0.1, 0.15) is 25.7 Å². The molecule has 1 aliphatic carbocycles. The number of thioether (sulfide) groups is 1. The zero-order chi connectivity index (χ0) is 12.4. The molecule has 7 heteroatoms. The number of hydrogen-bond donors (Lipinski definition) is 1. The van der Waals surface area contributed by atoms with Crippen molar-refractivity contribution in [1.82, 2.24) is 25.0 Å². The summed E-state index contributed by atoms with van der Waals surface area (Å²) in [5.41, 5.74) is 0.677. The Labute approximate surface area is 110 Å². The van der Waals surface area contributed by atoms with E-state index in [1.54, 1.807) is 16.9 Å². The fourth-order valence-corrected chi connectivity index (χ4v) is 3.44. The second-order valence-electron chi connectivity index (χ2n) is 4.55. The van der Waals surface area contributed by atoms with E-state index in [4.69, 9.17) is 0 Å². The molecule has 0 spiro atoms. The Balaban J connectivity index is 1.84. The zero-order valence-corrected chi connectivity index (χ0v) is 11.1. The van der Waals surface area contributed by atoms with Crippen LogP contribution in [0.2, 0.25) is 0 Å². The highest BCUT2D eigenvalue weighted by atomic mass is 32.2. The Kier molecular flexibility index (Phi) is 3.31. The SMILES string of the molecule is CSC1CCCCC1Nc1cncc2nnnn12. The number of tetrazole rings is 1. The minimum Gasteiger partial charge on any atom is -0.365 e. The molecule has 2 atom stereocenters. The van der Waals surface area contributed by atoms with Crippen LogP contribution in [-0.2, 0) is 0 Å². The molecule has 6 nitrogen and oxygen atoms in total. The third-order valence-electron chi connectivity index (χ3n) is 3.45. The third-order valence-corrected chi connectivity index (χ3v) is 4.62. The summed E-state index contributed by atoms with van der Waals surface area (Å²) < 4.78 is 1.71. The summed E-state index contributed by atoms with van der Waals surface area (Å²) in [5, 5.41) is 15.8. The van der Waals surface area contributed by atoms with Crippen LogP contribution in [-0.4, -0.2) is 42.6 Å². The van der Waals surface area contributed by atoms with Crippen LogP contribution in [0.5, 0.6) is 0 Å². The van der Waals surface area contributed by atoms with E-state index in [9.17, 15) is 0 Å². The molecule has 0 aromatic carbocycles. The van der Waals surface area contributed by atoms with Crippen molar-refractivity contribution in [3.8, 4) is 0 Å². The van der Waals surface area contributed by atoms with Gasteiger partial charge in [-0.2, -0.15) is 16.3 Å². The maximum absolute atomic E-state index is 4.17. The second kappa shape index (κ2) is 5.09. The fourth-order valence-electron chi connectivity index (χ4n) is 2.51. The van der Waals surface area contributed by atoms with Crippen molar-refractivity contribution < 1.29 is 0 Å². The number of aromatic nitrogens is 5. The van der Waals surface area contributed by atoms with Gasteiger partial charge in [-0.1, -0.05) is 12.8 Å². The number of nitrogens with one attached hydrogen (secondary N) is 1. The first-order chi connectivity index (χ1) is 8.88. The van der Waals surface area contributed by atoms with E-state index in [1.807, 2.05) is 11.8 Å². The molecule has 1 aliphatic rings. The maximum Gasteiger partial charge on any atom is 0.199 e. The molecule has 0 bridgehead atoms. The van der Waals surface area contributed by atoms with Crippen LogP contribution in [0.3, 0.4) is 0 Å². The average molecular weight is 264 g/mol. The van der Waals surface area contributed by atoms with Crippen LogP contribution in [0, 0.1) is 0 Å². The lowest BCUT2D eigenvalue weighted by atomic mass is 9.95. The standard InChI is InChI=1S/C11H16N6S/c1-18-9-5-3-2-4-8(9)13-10-6-12-7-11-14-15-16-17(10)11/h6-9,13H,2-5H2,1H3. The molecule has 18 heavy (non-hydrogen) atoms. The summed E-state index contributed by atoms with van der Waals surface area (Å²) in [4.78, 5) is 4.17. The Hall–Kier alpha value is -1.37. The highest BCUT2D eigenvalue weighted by Crippen LogP contribution is 2.29. The molecular weight excluding hydrogens is 248 g/mol. The van der Waals surface area contributed by atoms with Crippen molar-refractivity contribution in [2.24, 2.45) is 0 Å². The summed E-state index contributed by atoms with van der Waals surface area (Å²) in [6.07, 6.45) is 10.7. The molecule has 0 saturated heterocycles. The Morgan fingerprint density at radius 3 is 3.11 bits per heavy atom. The monoisotopic (exact) mass is 264 g/mol. The average Bonchev–Trinajstić information content (AvgIpc) is 2.89. The first-order valence-corrected chi connectivity index (χ1v) is 7.48. The number of anilines is 1. The Morgan fingerprint density at radius 1 is 1.33 bits per heavy atom. The van der Waals surface area contributed by atoms with Gasteiger partial charge in [0, 0.05) is 11.3 Å². The normalized spacial score (nSPS) is 24.3. The van der Waals surface area contributed by atoms with Gasteiger partial charge in [0.25, 0.3) is 0 Å². The molecule has 0 amide bonds. The van der Waals surface area contributed by atoms with Crippen LogP contribution in [0.15, 0.2) is 12.4 Å². The summed E-state index contributed by atoms with van der Waals surface area (Å²) >= 11 is 1.94. The van der Waals surface area contributed by atoms with Gasteiger partial charge in [0.1, 0.15) is 0 Å². The van der Waals surface area contributed by atoms with Crippen molar-refractivity contribution in [3.05, 3.63) is 12.4 Å². The summed E-state index contributed by atoms with van der Waals surface area (Å²) in [7, 11) is 0. The summed E-state index contributed by atoms with van der Waals surface area (Å²) in [5.74, 6) is 0.878. The van der Waals surface area contributed by atoms with E-state index in [2.05, 4.69) is 32.1 Å². The minimum atomic E-state index is 0.477. The predicted molar refractivity (Wildman–Crippen MR) is 71.8 cm³/mol. The Bertz CT molecular complexity index is 527. The largest absolute Gasteiger partial charge is 0.365 e. The smallest absolute Gasteiger partial charge is 0.199 e. The van der Waals surface area contributed by atoms with Crippen LogP contribution in [0.4, 0.5) is 5.82 Å². The molecule has 0 aliphatic heterocycles. The number of nitrogens with zero attached hydrogens (tertiary/aromatic N) is 5. The van der Waals surface area contributed by atoms with Gasteiger partial charge in [-0.15, -0.1) is 5.10 Å². The molecule has 0 radical (unpaired) electrons. The molecule has 2 heterocycles. The summed E-state index contributed by atoms with van der Waals surface area (Å²) in [6.45, 7) is 0. The van der Waals surface area contributed by atoms with Crippen LogP contribution in [0.25, 0.3) is 5.65 Å². The summed E-state index contributed by atoms with van der Waals surface area (Å²) in [6, 6.07) is 0.477. The van der Waals surface area contributed by atoms with Gasteiger partial charge in [0.05, 0.1) is 12.4 Å². The van der Waals surface area contributed by atoms with Gasteiger partial charge in [0.2, 0.25) is 0 Å². The van der Waals surface area contributed by atoms with E-state index in [0.717, 1.165) is 5.82 Å². The lowest BCUT2D eigenvalue weighted by Crippen LogP contribution is -2.35. The number of fused-ring (bicyclic) bond motifs is 1. The van der Waals surface area contributed by atoms with Crippen LogP contribution >= 0.6 is 11.8 Å². The minimum absolute atomic E-state index is 0.477. The van der Waals surface area contributed by atoms with Crippen LogP contribution < -0.4 is 5.32 Å². The van der Waals surface area contributed by atoms with Gasteiger partial charge in [-0.3, -0.25) is 4.98 Å². The fraction of sp³-hybridized carbons (Fsp3) is 0.636. The number of hydrogen-bond acceptors (Lipinski definition) is 6. The maximum atomic E-state index is 4.17. The molecule has 3 rings (SSSR count). The van der Waals surface area contributed by atoms with Crippen molar-refractivity contribution in [2.75, 3.05) is 11.6 Å². The molecule has 1 saturated carbocycles. The van der Waals surface area contributed by atoms with Gasteiger partial charge in [0.15, 0.2) is 11.5 Å². The first kappa shape index (κ1) is 11.7. The number of rotatable bonds is 3. The highest BCUT2D eigenvalue weighted by molar-refractivity contribution is 7.99. The molecule has 2 aromatic rings. The third kappa shape index (κ3) is 2.14. The van der Waals surface area contributed by atoms with Gasteiger partial charge >= 0.3 is 0 Å². The topological polar surface area (TPSA) is 68.0 Å². The van der Waals surface area contributed by atoms with Gasteiger partial charge in [-0.25, -0.2) is 0 Å². The lowest BCUT2D eigenvalue weighted by Gasteiger charge is -2.31. The zero-order valence-electron chi connectivity index (χ0n) is 10.3. The van der Waals surface area contributed by atoms with Gasteiger partial charge < -0.3 is 5.32 Å². The quantitative estimate of drug-likeness (QED) is 0.908. The van der Waals surface area contributed by atoms with E-state index in [0.29, 0.717) is 16.9 Å².